The molecule has 0 amide bonds. The third-order valence-corrected chi connectivity index (χ3v) is 19.3. The summed E-state index contributed by atoms with van der Waals surface area (Å²) in [6.07, 6.45) is 0. The van der Waals surface area contributed by atoms with Gasteiger partial charge in [0.25, 0.3) is 0 Å². The van der Waals surface area contributed by atoms with E-state index in [0.29, 0.717) is 0 Å². The molecule has 1 aliphatic heterocycles. The topological polar surface area (TPSA) is 8.17 Å². The van der Waals surface area contributed by atoms with Gasteiger partial charge in [-0.2, -0.15) is 0 Å². The first-order chi connectivity index (χ1) is 42.7. The van der Waals surface area contributed by atoms with E-state index in [1.807, 2.05) is 0 Å². The van der Waals surface area contributed by atoms with Crippen LogP contribution in [0.5, 0.6) is 0 Å². The SMILES string of the molecule is c1ccc(-c2ccc(-c3ccccc3N(c3ccc4cc(-c5ccc6c(c5)C5(c7ccccc7-6)c6ccccc6-n6c7ccccc7c7cccc5c76)ccc4c3)c3cccc4c3-c3ccccc3C4(c3ccccc3)c3ccccc3)cc2)cc1. The van der Waals surface area contributed by atoms with E-state index in [9.17, 15) is 0 Å². The summed E-state index contributed by atoms with van der Waals surface area (Å²) in [4.78, 5) is 2.54. The molecule has 1 aromatic heterocycles. The lowest BCUT2D eigenvalue weighted by molar-refractivity contribution is 0.749. The molecule has 3 aliphatic rings. The Bertz CT molecular complexity index is 5190. The van der Waals surface area contributed by atoms with E-state index < -0.39 is 10.8 Å². The van der Waals surface area contributed by atoms with Gasteiger partial charge in [0.1, 0.15) is 0 Å². The van der Waals surface area contributed by atoms with Gasteiger partial charge in [0, 0.05) is 27.6 Å². The zero-order valence-corrected chi connectivity index (χ0v) is 47.1. The summed E-state index contributed by atoms with van der Waals surface area (Å²) in [5.74, 6) is 0. The van der Waals surface area contributed by atoms with Gasteiger partial charge in [0.2, 0.25) is 0 Å². The lowest BCUT2D eigenvalue weighted by Crippen LogP contribution is -2.33. The summed E-state index contributed by atoms with van der Waals surface area (Å²) in [7, 11) is 0. The molecule has 0 N–H and O–H groups in total. The maximum absolute atomic E-state index is 2.54. The molecule has 15 aromatic rings. The summed E-state index contributed by atoms with van der Waals surface area (Å²) >= 11 is 0. The highest BCUT2D eigenvalue weighted by Crippen LogP contribution is 2.63. The largest absolute Gasteiger partial charge is 0.309 e. The number of benzene rings is 14. The van der Waals surface area contributed by atoms with Crippen LogP contribution in [0.1, 0.15) is 44.5 Å². The third-order valence-electron chi connectivity index (χ3n) is 19.3. The number of hydrogen-bond acceptors (Lipinski definition) is 1. The quantitative estimate of drug-likeness (QED) is 0.147. The Morgan fingerprint density at radius 3 is 1.57 bits per heavy atom. The fourth-order valence-electron chi connectivity index (χ4n) is 15.7. The van der Waals surface area contributed by atoms with Crippen LogP contribution in [0.2, 0.25) is 0 Å². The van der Waals surface area contributed by atoms with Crippen LogP contribution in [-0.4, -0.2) is 4.57 Å². The van der Waals surface area contributed by atoms with Gasteiger partial charge in [0.05, 0.1) is 38.9 Å². The molecule has 0 radical (unpaired) electrons. The van der Waals surface area contributed by atoms with Crippen molar-refractivity contribution >= 4 is 49.6 Å². The lowest BCUT2D eigenvalue weighted by Gasteiger charge is -2.39. The van der Waals surface area contributed by atoms with E-state index >= 15 is 0 Å². The predicted molar refractivity (Wildman–Crippen MR) is 357 cm³/mol. The molecule has 14 aromatic carbocycles. The number of anilines is 3. The molecule has 2 nitrogen and oxygen atoms in total. The minimum Gasteiger partial charge on any atom is -0.309 e. The van der Waals surface area contributed by atoms with Crippen molar-refractivity contribution in [3.05, 3.63) is 372 Å². The van der Waals surface area contributed by atoms with Crippen LogP contribution in [0.3, 0.4) is 0 Å². The van der Waals surface area contributed by atoms with Gasteiger partial charge in [-0.05, 0) is 148 Å². The molecule has 0 fully saturated rings. The van der Waals surface area contributed by atoms with E-state index in [1.165, 1.54) is 127 Å². The first kappa shape index (κ1) is 48.5. The van der Waals surface area contributed by atoms with Crippen LogP contribution < -0.4 is 4.90 Å². The Morgan fingerprint density at radius 2 is 0.779 bits per heavy atom. The van der Waals surface area contributed by atoms with Gasteiger partial charge in [0.15, 0.2) is 0 Å². The van der Waals surface area contributed by atoms with Crippen molar-refractivity contribution in [2.24, 2.45) is 0 Å². The lowest BCUT2D eigenvalue weighted by atomic mass is 9.65. The monoisotopic (exact) mass is 1090 g/mol. The molecular formula is C84H54N2. The van der Waals surface area contributed by atoms with Gasteiger partial charge in [-0.1, -0.05) is 279 Å². The fraction of sp³-hybridized carbons (Fsp3) is 0.0238. The second-order valence-corrected chi connectivity index (χ2v) is 23.4. The van der Waals surface area contributed by atoms with E-state index in [4.69, 9.17) is 0 Å². The first-order valence-electron chi connectivity index (χ1n) is 30.0. The maximum atomic E-state index is 2.54. The van der Waals surface area contributed by atoms with Crippen LogP contribution in [0.4, 0.5) is 17.1 Å². The van der Waals surface area contributed by atoms with Crippen LogP contribution in [0, 0.1) is 0 Å². The Morgan fingerprint density at radius 1 is 0.267 bits per heavy atom. The van der Waals surface area contributed by atoms with Gasteiger partial charge < -0.3 is 9.47 Å². The van der Waals surface area contributed by atoms with Crippen molar-refractivity contribution in [3.8, 4) is 61.3 Å². The minimum absolute atomic E-state index is 0.530. The van der Waals surface area contributed by atoms with E-state index in [-0.39, 0.29) is 0 Å². The average Bonchev–Trinajstić information content (AvgIpc) is 1.50. The molecule has 18 rings (SSSR count). The fourth-order valence-corrected chi connectivity index (χ4v) is 15.7. The number of rotatable bonds is 8. The van der Waals surface area contributed by atoms with Crippen molar-refractivity contribution < 1.29 is 0 Å². The summed E-state index contributed by atoms with van der Waals surface area (Å²) in [6, 6.07) is 123. The Balaban J connectivity index is 0.821. The highest BCUT2D eigenvalue weighted by atomic mass is 15.1. The van der Waals surface area contributed by atoms with E-state index in [1.54, 1.807) is 0 Å². The van der Waals surface area contributed by atoms with Crippen molar-refractivity contribution in [1.29, 1.82) is 0 Å². The summed E-state index contributed by atoms with van der Waals surface area (Å²) in [6.45, 7) is 0. The molecule has 1 unspecified atom stereocenters. The number of aromatic nitrogens is 1. The summed E-state index contributed by atoms with van der Waals surface area (Å²) in [5.41, 5.74) is 28.5. The van der Waals surface area contributed by atoms with Crippen LogP contribution in [0.15, 0.2) is 328 Å². The molecule has 86 heavy (non-hydrogen) atoms. The van der Waals surface area contributed by atoms with Gasteiger partial charge in [-0.3, -0.25) is 0 Å². The highest BCUT2D eigenvalue weighted by Gasteiger charge is 2.51. The van der Waals surface area contributed by atoms with Crippen molar-refractivity contribution in [3.63, 3.8) is 0 Å². The molecule has 1 spiro atoms. The molecule has 2 heteroatoms. The predicted octanol–water partition coefficient (Wildman–Crippen LogP) is 21.4. The third kappa shape index (κ3) is 6.72. The number of para-hydroxylation sites is 4. The summed E-state index contributed by atoms with van der Waals surface area (Å²) < 4.78 is 2.53. The van der Waals surface area contributed by atoms with Crippen LogP contribution >= 0.6 is 0 Å². The van der Waals surface area contributed by atoms with Gasteiger partial charge in [-0.15, -0.1) is 0 Å². The number of fused-ring (bicyclic) bond motifs is 16. The van der Waals surface area contributed by atoms with Crippen molar-refractivity contribution in [1.82, 2.24) is 4.57 Å². The Hall–Kier alpha value is -11.1. The van der Waals surface area contributed by atoms with Crippen molar-refractivity contribution in [2.45, 2.75) is 10.8 Å². The molecule has 2 aliphatic carbocycles. The molecule has 400 valence electrons. The summed E-state index contributed by atoms with van der Waals surface area (Å²) in [5, 5.41) is 4.92. The van der Waals surface area contributed by atoms with Crippen molar-refractivity contribution in [2.75, 3.05) is 4.90 Å². The minimum atomic E-state index is -0.559. The maximum Gasteiger partial charge on any atom is 0.0754 e. The average molecular weight is 1090 g/mol. The van der Waals surface area contributed by atoms with E-state index in [0.717, 1.165) is 28.2 Å². The second kappa shape index (κ2) is 18.7. The molecular weight excluding hydrogens is 1040 g/mol. The number of nitrogens with zero attached hydrogens (tertiary/aromatic N) is 2. The van der Waals surface area contributed by atoms with Gasteiger partial charge >= 0.3 is 0 Å². The smallest absolute Gasteiger partial charge is 0.0754 e. The number of hydrogen-bond donors (Lipinski definition) is 0. The zero-order valence-electron chi connectivity index (χ0n) is 47.1. The van der Waals surface area contributed by atoms with E-state index in [2.05, 4.69) is 337 Å². The molecule has 0 saturated heterocycles. The Kier molecular flexibility index (Phi) is 10.6. The molecule has 2 heterocycles. The Labute approximate surface area is 500 Å². The second-order valence-electron chi connectivity index (χ2n) is 23.4. The van der Waals surface area contributed by atoms with Crippen LogP contribution in [0.25, 0.3) is 93.9 Å². The normalized spacial score (nSPS) is 14.7. The highest BCUT2D eigenvalue weighted by molar-refractivity contribution is 6.13. The molecule has 1 atom stereocenters. The van der Waals surface area contributed by atoms with Crippen LogP contribution in [-0.2, 0) is 10.8 Å². The standard InChI is InChI=1S/C84H54N2/c1-4-22-55(23-5-1)56-42-44-57(45-43-56)65-28-12-17-38-77(65)85(80-41-21-36-74-81(80)70-31-11-15-34-72(70)83(74,62-24-6-2-7-25-62)63-26-8-3-9-27-63)64-50-48-59-52-58(46-47-60(59)53-64)61-49-51-67-66-29-10-14-33-71(66)84(76(67)54-61)73-35-16-19-40-79(73)86-78-39-18-13-30-68(78)69-32-20-37-75(84)82(69)86/h1-54H. The molecule has 0 bridgehead atoms. The molecule has 0 saturated carbocycles. The first-order valence-corrected chi connectivity index (χ1v) is 30.0. The zero-order chi connectivity index (χ0) is 56.5. The van der Waals surface area contributed by atoms with Gasteiger partial charge in [-0.25, -0.2) is 0 Å².